The third-order valence-corrected chi connectivity index (χ3v) is 4.23. The molecule has 0 heterocycles. The molecule has 2 aromatic carbocycles. The van der Waals surface area contributed by atoms with E-state index in [0.717, 1.165) is 11.1 Å². The summed E-state index contributed by atoms with van der Waals surface area (Å²) in [6.45, 7) is 3.96. The molecule has 0 radical (unpaired) electrons. The lowest BCUT2D eigenvalue weighted by Crippen LogP contribution is -2.37. The number of carbonyl (C=O) groups excluding carboxylic acids is 2. The first-order valence-electron chi connectivity index (χ1n) is 8.07. The van der Waals surface area contributed by atoms with Crippen molar-refractivity contribution in [2.45, 2.75) is 13.8 Å². The Balaban J connectivity index is 1.71. The minimum absolute atomic E-state index is 0.0318. The lowest BCUT2D eigenvalue weighted by atomic mass is 10.1. The van der Waals surface area contributed by atoms with E-state index < -0.39 is 11.7 Å². The fourth-order valence-corrected chi connectivity index (χ4v) is 2.42. The van der Waals surface area contributed by atoms with Crippen LogP contribution < -0.4 is 15.4 Å². The first-order valence-corrected chi connectivity index (χ1v) is 8.45. The minimum Gasteiger partial charge on any atom is -0.484 e. The molecule has 2 N–H and O–H groups in total. The van der Waals surface area contributed by atoms with Crippen molar-refractivity contribution in [3.63, 3.8) is 0 Å². The summed E-state index contributed by atoms with van der Waals surface area (Å²) in [7, 11) is 0. The van der Waals surface area contributed by atoms with Crippen molar-refractivity contribution in [2.75, 3.05) is 19.7 Å². The molecule has 7 heteroatoms. The summed E-state index contributed by atoms with van der Waals surface area (Å²) < 4.78 is 18.9. The van der Waals surface area contributed by atoms with Gasteiger partial charge >= 0.3 is 0 Å². The molecule has 0 aliphatic rings. The summed E-state index contributed by atoms with van der Waals surface area (Å²) in [6.07, 6.45) is 0. The molecular weight excluding hydrogens is 359 g/mol. The zero-order chi connectivity index (χ0) is 19.1. The minimum atomic E-state index is -0.587. The van der Waals surface area contributed by atoms with Crippen molar-refractivity contribution in [2.24, 2.45) is 0 Å². The number of rotatable bonds is 7. The monoisotopic (exact) mass is 378 g/mol. The van der Waals surface area contributed by atoms with Crippen molar-refractivity contribution in [3.8, 4) is 5.75 Å². The fraction of sp³-hybridized carbons (Fsp3) is 0.263. The summed E-state index contributed by atoms with van der Waals surface area (Å²) in [5.41, 5.74) is 1.71. The maximum Gasteiger partial charge on any atom is 0.258 e. The van der Waals surface area contributed by atoms with Crippen molar-refractivity contribution >= 4 is 23.4 Å². The van der Waals surface area contributed by atoms with Gasteiger partial charge in [0.2, 0.25) is 0 Å². The van der Waals surface area contributed by atoms with Crippen molar-refractivity contribution in [3.05, 3.63) is 63.9 Å². The van der Waals surface area contributed by atoms with Crippen LogP contribution >= 0.6 is 11.6 Å². The lowest BCUT2D eigenvalue weighted by Gasteiger charge is -2.11. The molecule has 0 bridgehead atoms. The number of benzene rings is 2. The molecule has 138 valence electrons. The van der Waals surface area contributed by atoms with Gasteiger partial charge in [0.15, 0.2) is 6.61 Å². The van der Waals surface area contributed by atoms with Crippen molar-refractivity contribution in [1.82, 2.24) is 10.6 Å². The van der Waals surface area contributed by atoms with Gasteiger partial charge in [-0.15, -0.1) is 0 Å². The second-order valence-electron chi connectivity index (χ2n) is 5.75. The van der Waals surface area contributed by atoms with Gasteiger partial charge < -0.3 is 15.4 Å². The average molecular weight is 379 g/mol. The van der Waals surface area contributed by atoms with E-state index in [1.165, 1.54) is 18.2 Å². The van der Waals surface area contributed by atoms with Crippen LogP contribution in [0.2, 0.25) is 5.02 Å². The normalized spacial score (nSPS) is 10.3. The molecule has 0 saturated heterocycles. The number of amides is 2. The Hall–Kier alpha value is -2.60. The van der Waals surface area contributed by atoms with Gasteiger partial charge in [0.1, 0.15) is 11.6 Å². The zero-order valence-electron chi connectivity index (χ0n) is 14.6. The highest BCUT2D eigenvalue weighted by atomic mass is 35.5. The molecule has 0 unspecified atom stereocenters. The number of nitrogens with one attached hydrogen (secondary N) is 2. The van der Waals surface area contributed by atoms with Crippen LogP contribution in [0.15, 0.2) is 36.4 Å². The first kappa shape index (κ1) is 19.7. The second-order valence-corrected chi connectivity index (χ2v) is 6.12. The molecule has 0 saturated carbocycles. The molecule has 0 spiro atoms. The highest BCUT2D eigenvalue weighted by molar-refractivity contribution is 6.32. The summed E-state index contributed by atoms with van der Waals surface area (Å²) in [6, 6.07) is 9.23. The topological polar surface area (TPSA) is 67.4 Å². The van der Waals surface area contributed by atoms with Gasteiger partial charge in [-0.2, -0.15) is 0 Å². The Morgan fingerprint density at radius 2 is 1.69 bits per heavy atom. The van der Waals surface area contributed by atoms with Crippen LogP contribution in [0.5, 0.6) is 5.75 Å². The summed E-state index contributed by atoms with van der Waals surface area (Å²) >= 11 is 6.08. The Morgan fingerprint density at radius 3 is 2.35 bits per heavy atom. The van der Waals surface area contributed by atoms with E-state index in [1.807, 2.05) is 13.8 Å². The summed E-state index contributed by atoms with van der Waals surface area (Å²) in [5.74, 6) is -0.875. The van der Waals surface area contributed by atoms with E-state index in [2.05, 4.69) is 10.6 Å². The Kier molecular flexibility index (Phi) is 6.97. The smallest absolute Gasteiger partial charge is 0.258 e. The number of hydrogen-bond donors (Lipinski definition) is 2. The van der Waals surface area contributed by atoms with Crippen LogP contribution in [0.4, 0.5) is 4.39 Å². The molecule has 0 atom stereocenters. The highest BCUT2D eigenvalue weighted by Gasteiger charge is 2.10. The van der Waals surface area contributed by atoms with Gasteiger partial charge in [-0.1, -0.05) is 23.7 Å². The molecule has 0 aliphatic carbocycles. The molecular formula is C19H20ClFN2O3. The number of aryl methyl sites for hydroxylation is 2. The average Bonchev–Trinajstić information content (AvgIpc) is 2.61. The molecule has 0 aliphatic heterocycles. The quantitative estimate of drug-likeness (QED) is 0.728. The number of halogens is 2. The highest BCUT2D eigenvalue weighted by Crippen LogP contribution is 2.25. The van der Waals surface area contributed by atoms with Gasteiger partial charge in [-0.05, 0) is 49.2 Å². The largest absolute Gasteiger partial charge is 0.484 e. The molecule has 5 nitrogen and oxygen atoms in total. The van der Waals surface area contributed by atoms with E-state index in [1.54, 1.807) is 18.2 Å². The van der Waals surface area contributed by atoms with Crippen LogP contribution in [0.25, 0.3) is 0 Å². The first-order chi connectivity index (χ1) is 12.4. The van der Waals surface area contributed by atoms with E-state index in [4.69, 9.17) is 16.3 Å². The van der Waals surface area contributed by atoms with Gasteiger partial charge in [0, 0.05) is 18.1 Å². The van der Waals surface area contributed by atoms with Crippen LogP contribution in [-0.4, -0.2) is 31.5 Å². The third kappa shape index (κ3) is 5.46. The molecule has 2 rings (SSSR count). The fourth-order valence-electron chi connectivity index (χ4n) is 2.31. The van der Waals surface area contributed by atoms with Gasteiger partial charge in [-0.25, -0.2) is 4.39 Å². The van der Waals surface area contributed by atoms with E-state index in [9.17, 15) is 14.0 Å². The summed E-state index contributed by atoms with van der Waals surface area (Å²) in [5, 5.41) is 5.83. The predicted molar refractivity (Wildman–Crippen MR) is 98.2 cm³/mol. The molecule has 2 aromatic rings. The van der Waals surface area contributed by atoms with Gasteiger partial charge in [0.05, 0.1) is 5.56 Å². The van der Waals surface area contributed by atoms with E-state index in [0.29, 0.717) is 10.8 Å². The van der Waals surface area contributed by atoms with Crippen LogP contribution in [-0.2, 0) is 4.79 Å². The molecule has 2 amide bonds. The standard InChI is InChI=1S/C19H20ClFN2O3/c1-12-9-14(10-13(2)18(12)20)26-11-17(24)22-7-8-23-19(25)15-5-3-4-6-16(15)21/h3-6,9-10H,7-8,11H2,1-2H3,(H,22,24)(H,23,25). The van der Waals surface area contributed by atoms with Crippen molar-refractivity contribution in [1.29, 1.82) is 0 Å². The van der Waals surface area contributed by atoms with E-state index in [-0.39, 0.29) is 31.2 Å². The van der Waals surface area contributed by atoms with Crippen LogP contribution in [0.3, 0.4) is 0 Å². The van der Waals surface area contributed by atoms with Crippen LogP contribution in [0, 0.1) is 19.7 Å². The molecule has 26 heavy (non-hydrogen) atoms. The van der Waals surface area contributed by atoms with Crippen molar-refractivity contribution < 1.29 is 18.7 Å². The maximum absolute atomic E-state index is 13.5. The Labute approximate surface area is 156 Å². The maximum atomic E-state index is 13.5. The number of hydrogen-bond acceptors (Lipinski definition) is 3. The Bertz CT molecular complexity index is 788. The zero-order valence-corrected chi connectivity index (χ0v) is 15.3. The third-order valence-electron chi connectivity index (χ3n) is 3.63. The van der Waals surface area contributed by atoms with E-state index >= 15 is 0 Å². The summed E-state index contributed by atoms with van der Waals surface area (Å²) in [4.78, 5) is 23.6. The lowest BCUT2D eigenvalue weighted by molar-refractivity contribution is -0.123. The second kappa shape index (κ2) is 9.20. The molecule has 0 fully saturated rings. The number of ether oxygens (including phenoxy) is 1. The Morgan fingerprint density at radius 1 is 1.08 bits per heavy atom. The SMILES string of the molecule is Cc1cc(OCC(=O)NCCNC(=O)c2ccccc2F)cc(C)c1Cl. The van der Waals surface area contributed by atoms with Gasteiger partial charge in [-0.3, -0.25) is 9.59 Å². The predicted octanol–water partition coefficient (Wildman–Crippen LogP) is 3.02. The van der Waals surface area contributed by atoms with Gasteiger partial charge in [0.25, 0.3) is 11.8 Å². The molecule has 0 aromatic heterocycles. The van der Waals surface area contributed by atoms with Crippen LogP contribution in [0.1, 0.15) is 21.5 Å². The number of carbonyl (C=O) groups is 2.